The van der Waals surface area contributed by atoms with Gasteiger partial charge in [-0.15, -0.1) is 0 Å². The number of rotatable bonds is 4. The number of furan rings is 1. The minimum absolute atomic E-state index is 0.157. The SMILES string of the molecule is Cc1oc(-c2ccccc2)cc1C(=O)Nc1ccc(C(C)C)cc1. The van der Waals surface area contributed by atoms with E-state index in [1.807, 2.05) is 61.5 Å². The van der Waals surface area contributed by atoms with Crippen LogP contribution in [0.3, 0.4) is 0 Å². The van der Waals surface area contributed by atoms with Gasteiger partial charge in [-0.1, -0.05) is 56.3 Å². The highest BCUT2D eigenvalue weighted by Gasteiger charge is 2.16. The number of carbonyl (C=O) groups excluding carboxylic acids is 1. The van der Waals surface area contributed by atoms with E-state index in [0.717, 1.165) is 11.3 Å². The number of benzene rings is 2. The fraction of sp³-hybridized carbons (Fsp3) is 0.190. The van der Waals surface area contributed by atoms with Gasteiger partial charge in [0.1, 0.15) is 11.5 Å². The average Bonchev–Trinajstić information content (AvgIpc) is 2.98. The van der Waals surface area contributed by atoms with Crippen molar-refractivity contribution < 1.29 is 9.21 Å². The molecule has 3 nitrogen and oxygen atoms in total. The molecule has 1 heterocycles. The van der Waals surface area contributed by atoms with Crippen LogP contribution in [0.15, 0.2) is 65.1 Å². The monoisotopic (exact) mass is 319 g/mol. The van der Waals surface area contributed by atoms with Crippen molar-refractivity contribution in [3.8, 4) is 11.3 Å². The number of nitrogens with one attached hydrogen (secondary N) is 1. The number of aryl methyl sites for hydroxylation is 1. The largest absolute Gasteiger partial charge is 0.461 e. The van der Waals surface area contributed by atoms with Crippen LogP contribution in [0.1, 0.15) is 41.4 Å². The van der Waals surface area contributed by atoms with Crippen LogP contribution < -0.4 is 5.32 Å². The van der Waals surface area contributed by atoms with E-state index in [-0.39, 0.29) is 5.91 Å². The van der Waals surface area contributed by atoms with E-state index in [1.54, 1.807) is 6.07 Å². The third-order valence-corrected chi connectivity index (χ3v) is 4.06. The fourth-order valence-corrected chi connectivity index (χ4v) is 2.60. The Morgan fingerprint density at radius 3 is 2.29 bits per heavy atom. The zero-order chi connectivity index (χ0) is 17.1. The van der Waals surface area contributed by atoms with E-state index < -0.39 is 0 Å². The summed E-state index contributed by atoms with van der Waals surface area (Å²) in [5.41, 5.74) is 3.55. The Morgan fingerprint density at radius 1 is 1.00 bits per heavy atom. The zero-order valence-electron chi connectivity index (χ0n) is 14.2. The number of hydrogen-bond donors (Lipinski definition) is 1. The lowest BCUT2D eigenvalue weighted by molar-refractivity contribution is 0.102. The minimum Gasteiger partial charge on any atom is -0.461 e. The molecule has 0 bridgehead atoms. The summed E-state index contributed by atoms with van der Waals surface area (Å²) in [6, 6.07) is 19.5. The van der Waals surface area contributed by atoms with E-state index in [4.69, 9.17) is 4.42 Å². The van der Waals surface area contributed by atoms with Crippen molar-refractivity contribution in [2.75, 3.05) is 5.32 Å². The second kappa shape index (κ2) is 6.75. The molecule has 0 atom stereocenters. The maximum absolute atomic E-state index is 12.5. The van der Waals surface area contributed by atoms with Crippen LogP contribution in [-0.2, 0) is 0 Å². The van der Waals surface area contributed by atoms with Crippen molar-refractivity contribution in [1.82, 2.24) is 0 Å². The molecule has 3 rings (SSSR count). The van der Waals surface area contributed by atoms with Crippen LogP contribution >= 0.6 is 0 Å². The van der Waals surface area contributed by atoms with Gasteiger partial charge in [-0.3, -0.25) is 4.79 Å². The van der Waals surface area contributed by atoms with Crippen LogP contribution in [0.5, 0.6) is 0 Å². The van der Waals surface area contributed by atoms with E-state index >= 15 is 0 Å². The molecule has 0 aliphatic carbocycles. The number of anilines is 1. The number of hydrogen-bond acceptors (Lipinski definition) is 2. The van der Waals surface area contributed by atoms with E-state index in [1.165, 1.54) is 5.56 Å². The maximum Gasteiger partial charge on any atom is 0.259 e. The van der Waals surface area contributed by atoms with Gasteiger partial charge in [-0.05, 0) is 36.6 Å². The van der Waals surface area contributed by atoms with Gasteiger partial charge < -0.3 is 9.73 Å². The summed E-state index contributed by atoms with van der Waals surface area (Å²) in [5.74, 6) is 1.63. The molecule has 0 fully saturated rings. The molecule has 0 aliphatic heterocycles. The van der Waals surface area contributed by atoms with E-state index in [9.17, 15) is 4.79 Å². The van der Waals surface area contributed by atoms with Crippen molar-refractivity contribution in [2.45, 2.75) is 26.7 Å². The Kier molecular flexibility index (Phi) is 4.52. The molecule has 0 unspecified atom stereocenters. The molecule has 0 saturated heterocycles. The summed E-state index contributed by atoms with van der Waals surface area (Å²) in [6.07, 6.45) is 0. The summed E-state index contributed by atoms with van der Waals surface area (Å²) in [4.78, 5) is 12.5. The Morgan fingerprint density at radius 2 is 1.67 bits per heavy atom. The van der Waals surface area contributed by atoms with E-state index in [2.05, 4.69) is 19.2 Å². The highest BCUT2D eigenvalue weighted by Crippen LogP contribution is 2.26. The van der Waals surface area contributed by atoms with Gasteiger partial charge in [0.25, 0.3) is 5.91 Å². The molecular formula is C21H21NO2. The summed E-state index contributed by atoms with van der Waals surface area (Å²) >= 11 is 0. The summed E-state index contributed by atoms with van der Waals surface area (Å²) < 4.78 is 5.75. The third-order valence-electron chi connectivity index (χ3n) is 4.06. The lowest BCUT2D eigenvalue weighted by Crippen LogP contribution is -2.12. The molecule has 0 spiro atoms. The van der Waals surface area contributed by atoms with Crippen LogP contribution in [0, 0.1) is 6.92 Å². The summed E-state index contributed by atoms with van der Waals surface area (Å²) in [5, 5.41) is 2.93. The first-order valence-electron chi connectivity index (χ1n) is 8.12. The first kappa shape index (κ1) is 16.1. The molecule has 1 aromatic heterocycles. The van der Waals surface area contributed by atoms with Crippen LogP contribution in [0.25, 0.3) is 11.3 Å². The van der Waals surface area contributed by atoms with Crippen molar-refractivity contribution in [3.63, 3.8) is 0 Å². The van der Waals surface area contributed by atoms with Crippen LogP contribution in [-0.4, -0.2) is 5.91 Å². The Bertz CT molecular complexity index is 830. The minimum atomic E-state index is -0.157. The smallest absolute Gasteiger partial charge is 0.259 e. The van der Waals surface area contributed by atoms with Crippen molar-refractivity contribution >= 4 is 11.6 Å². The molecule has 0 radical (unpaired) electrons. The molecule has 0 saturated carbocycles. The quantitative estimate of drug-likeness (QED) is 0.677. The van der Waals surface area contributed by atoms with E-state index in [0.29, 0.717) is 23.0 Å². The Balaban J connectivity index is 1.79. The molecule has 3 aromatic rings. The number of carbonyl (C=O) groups is 1. The average molecular weight is 319 g/mol. The second-order valence-corrected chi connectivity index (χ2v) is 6.18. The predicted octanol–water partition coefficient (Wildman–Crippen LogP) is 5.63. The Hall–Kier alpha value is -2.81. The van der Waals surface area contributed by atoms with Gasteiger partial charge in [-0.2, -0.15) is 0 Å². The van der Waals surface area contributed by atoms with Gasteiger partial charge in [0.05, 0.1) is 5.56 Å². The van der Waals surface area contributed by atoms with Gasteiger partial charge in [0.15, 0.2) is 0 Å². The number of amides is 1. The standard InChI is InChI=1S/C21H21NO2/c1-14(2)16-9-11-18(12-10-16)22-21(23)19-13-20(24-15(19)3)17-7-5-4-6-8-17/h4-14H,1-3H3,(H,22,23). The van der Waals surface area contributed by atoms with Crippen LogP contribution in [0.4, 0.5) is 5.69 Å². The lowest BCUT2D eigenvalue weighted by Gasteiger charge is -2.08. The van der Waals surface area contributed by atoms with Gasteiger partial charge >= 0.3 is 0 Å². The molecule has 0 aliphatic rings. The second-order valence-electron chi connectivity index (χ2n) is 6.18. The molecule has 2 aromatic carbocycles. The first-order valence-corrected chi connectivity index (χ1v) is 8.12. The molecule has 1 amide bonds. The molecule has 3 heteroatoms. The van der Waals surface area contributed by atoms with Crippen molar-refractivity contribution in [3.05, 3.63) is 77.6 Å². The zero-order valence-corrected chi connectivity index (χ0v) is 14.2. The van der Waals surface area contributed by atoms with Gasteiger partial charge in [0.2, 0.25) is 0 Å². The highest BCUT2D eigenvalue weighted by atomic mass is 16.3. The topological polar surface area (TPSA) is 42.2 Å². The van der Waals surface area contributed by atoms with Crippen molar-refractivity contribution in [2.24, 2.45) is 0 Å². The lowest BCUT2D eigenvalue weighted by atomic mass is 10.0. The fourth-order valence-electron chi connectivity index (χ4n) is 2.60. The van der Waals surface area contributed by atoms with Crippen molar-refractivity contribution in [1.29, 1.82) is 0 Å². The summed E-state index contributed by atoms with van der Waals surface area (Å²) in [6.45, 7) is 6.10. The highest BCUT2D eigenvalue weighted by molar-refractivity contribution is 6.05. The molecule has 122 valence electrons. The van der Waals surface area contributed by atoms with Gasteiger partial charge in [-0.25, -0.2) is 0 Å². The predicted molar refractivity (Wildman–Crippen MR) is 97.4 cm³/mol. The maximum atomic E-state index is 12.5. The summed E-state index contributed by atoms with van der Waals surface area (Å²) in [7, 11) is 0. The van der Waals surface area contributed by atoms with Crippen LogP contribution in [0.2, 0.25) is 0 Å². The third kappa shape index (κ3) is 3.40. The molecule has 24 heavy (non-hydrogen) atoms. The first-order chi connectivity index (χ1) is 11.5. The Labute approximate surface area is 142 Å². The molecule has 1 N–H and O–H groups in total. The van der Waals surface area contributed by atoms with Gasteiger partial charge in [0, 0.05) is 11.3 Å². The normalized spacial score (nSPS) is 10.8. The molecular weight excluding hydrogens is 298 g/mol.